The maximum atomic E-state index is 12.4. The minimum atomic E-state index is -3.52. The second kappa shape index (κ2) is 10.4. The van der Waals surface area contributed by atoms with Crippen LogP contribution in [-0.2, 0) is 10.0 Å². The molecule has 1 aliphatic rings. The highest BCUT2D eigenvalue weighted by Crippen LogP contribution is 2.11. The molecule has 162 valence electrons. The monoisotopic (exact) mass is 431 g/mol. The zero-order valence-electron chi connectivity index (χ0n) is 17.5. The van der Waals surface area contributed by atoms with Crippen molar-refractivity contribution in [1.82, 2.24) is 24.9 Å². The number of sulfonamides is 1. The van der Waals surface area contributed by atoms with Crippen LogP contribution in [0.5, 0.6) is 0 Å². The number of aromatic nitrogens is 2. The zero-order valence-corrected chi connectivity index (χ0v) is 18.3. The van der Waals surface area contributed by atoms with Gasteiger partial charge < -0.3 is 15.1 Å². The molecule has 0 saturated carbocycles. The third-order valence-corrected chi connectivity index (χ3v) is 6.22. The molecule has 0 spiro atoms. The smallest absolute Gasteiger partial charge is 0.240 e. The number of aryl methyl sites for hydroxylation is 1. The third kappa shape index (κ3) is 5.90. The van der Waals surface area contributed by atoms with Gasteiger partial charge in [-0.2, -0.15) is 0 Å². The van der Waals surface area contributed by atoms with Crippen molar-refractivity contribution in [3.8, 4) is 0 Å². The van der Waals surface area contributed by atoms with Crippen molar-refractivity contribution >= 4 is 21.9 Å². The lowest BCUT2D eigenvalue weighted by molar-refractivity contribution is 0.370. The number of anilines is 1. The van der Waals surface area contributed by atoms with Crippen LogP contribution in [0.25, 0.3) is 0 Å². The molecule has 1 aliphatic heterocycles. The van der Waals surface area contributed by atoms with Gasteiger partial charge in [-0.1, -0.05) is 17.7 Å². The highest BCUT2D eigenvalue weighted by atomic mass is 32.2. The summed E-state index contributed by atoms with van der Waals surface area (Å²) in [4.78, 5) is 17.8. The van der Waals surface area contributed by atoms with E-state index < -0.39 is 10.0 Å². The van der Waals surface area contributed by atoms with Crippen LogP contribution < -0.4 is 14.9 Å². The lowest BCUT2D eigenvalue weighted by Crippen LogP contribution is -2.53. The van der Waals surface area contributed by atoms with E-state index in [9.17, 15) is 8.42 Å². The highest BCUT2D eigenvalue weighted by Gasteiger charge is 2.21. The van der Waals surface area contributed by atoms with Crippen LogP contribution in [0.1, 0.15) is 12.5 Å². The number of nitrogens with one attached hydrogen (secondary N) is 2. The number of aliphatic imine (C=N–C) groups is 1. The van der Waals surface area contributed by atoms with Gasteiger partial charge in [0.05, 0.1) is 11.4 Å². The Bertz CT molecular complexity index is 925. The standard InChI is InChI=1S/C20H29N7O2S/c1-3-21-19(26-13-15-27(16-14-26)20-22-9-4-10-23-20)24-11-12-25-30(28,29)18-7-5-17(2)6-8-18/h4-10,25H,3,11-16H2,1-2H3,(H,21,24). The molecular formula is C20H29N7O2S. The van der Waals surface area contributed by atoms with Crippen LogP contribution in [0.15, 0.2) is 52.6 Å². The lowest BCUT2D eigenvalue weighted by atomic mass is 10.2. The van der Waals surface area contributed by atoms with Gasteiger partial charge in [0.15, 0.2) is 5.96 Å². The predicted molar refractivity (Wildman–Crippen MR) is 118 cm³/mol. The average Bonchev–Trinajstić information content (AvgIpc) is 2.77. The number of piperazine rings is 1. The van der Waals surface area contributed by atoms with Crippen molar-refractivity contribution in [2.75, 3.05) is 50.7 Å². The van der Waals surface area contributed by atoms with E-state index in [1.165, 1.54) is 0 Å². The summed E-state index contributed by atoms with van der Waals surface area (Å²) in [7, 11) is -3.52. The van der Waals surface area contributed by atoms with Gasteiger partial charge in [-0.3, -0.25) is 4.99 Å². The molecule has 1 fully saturated rings. The number of hydrogen-bond donors (Lipinski definition) is 2. The van der Waals surface area contributed by atoms with E-state index in [1.807, 2.05) is 19.9 Å². The van der Waals surface area contributed by atoms with Crippen molar-refractivity contribution in [2.45, 2.75) is 18.7 Å². The SMILES string of the molecule is CCNC(=NCCNS(=O)(=O)c1ccc(C)cc1)N1CCN(c2ncccn2)CC1. The normalized spacial score (nSPS) is 15.3. The largest absolute Gasteiger partial charge is 0.357 e. The van der Waals surface area contributed by atoms with E-state index in [0.29, 0.717) is 6.54 Å². The Morgan fingerprint density at radius 3 is 2.40 bits per heavy atom. The van der Waals surface area contributed by atoms with Crippen LogP contribution in [0, 0.1) is 6.92 Å². The minimum absolute atomic E-state index is 0.239. The Kier molecular flexibility index (Phi) is 7.58. The molecule has 3 rings (SSSR count). The summed E-state index contributed by atoms with van der Waals surface area (Å²) >= 11 is 0. The summed E-state index contributed by atoms with van der Waals surface area (Å²) in [6.45, 7) is 8.47. The van der Waals surface area contributed by atoms with E-state index in [4.69, 9.17) is 0 Å². The molecule has 0 bridgehead atoms. The Balaban J connectivity index is 1.53. The van der Waals surface area contributed by atoms with E-state index in [2.05, 4.69) is 34.8 Å². The first-order valence-electron chi connectivity index (χ1n) is 10.1. The van der Waals surface area contributed by atoms with Gasteiger partial charge in [0.1, 0.15) is 0 Å². The molecular weight excluding hydrogens is 402 g/mol. The second-order valence-electron chi connectivity index (χ2n) is 6.97. The fraction of sp³-hybridized carbons (Fsp3) is 0.450. The Morgan fingerprint density at radius 2 is 1.77 bits per heavy atom. The summed E-state index contributed by atoms with van der Waals surface area (Å²) in [5.41, 5.74) is 1.02. The summed E-state index contributed by atoms with van der Waals surface area (Å²) in [5.74, 6) is 1.53. The molecule has 0 unspecified atom stereocenters. The fourth-order valence-corrected chi connectivity index (χ4v) is 4.16. The Morgan fingerprint density at radius 1 is 1.10 bits per heavy atom. The summed E-state index contributed by atoms with van der Waals surface area (Å²) in [6.07, 6.45) is 3.50. The highest BCUT2D eigenvalue weighted by molar-refractivity contribution is 7.89. The summed E-state index contributed by atoms with van der Waals surface area (Å²) in [6, 6.07) is 8.61. The first-order valence-corrected chi connectivity index (χ1v) is 11.6. The average molecular weight is 432 g/mol. The molecule has 0 radical (unpaired) electrons. The molecule has 1 saturated heterocycles. The van der Waals surface area contributed by atoms with Crippen LogP contribution in [0.2, 0.25) is 0 Å². The maximum absolute atomic E-state index is 12.4. The molecule has 30 heavy (non-hydrogen) atoms. The number of rotatable bonds is 7. The summed E-state index contributed by atoms with van der Waals surface area (Å²) < 4.78 is 27.4. The zero-order chi connectivity index (χ0) is 21.4. The first kappa shape index (κ1) is 22.0. The van der Waals surface area contributed by atoms with Crippen LogP contribution >= 0.6 is 0 Å². The fourth-order valence-electron chi connectivity index (χ4n) is 3.14. The first-order chi connectivity index (χ1) is 14.5. The lowest BCUT2D eigenvalue weighted by Gasteiger charge is -2.36. The molecule has 10 heteroatoms. The van der Waals surface area contributed by atoms with E-state index in [-0.39, 0.29) is 11.4 Å². The number of hydrogen-bond acceptors (Lipinski definition) is 6. The third-order valence-electron chi connectivity index (χ3n) is 4.75. The Labute approximate surface area is 178 Å². The molecule has 0 amide bonds. The molecule has 2 heterocycles. The van der Waals surface area contributed by atoms with Gasteiger partial charge in [-0.25, -0.2) is 23.1 Å². The maximum Gasteiger partial charge on any atom is 0.240 e. The second-order valence-corrected chi connectivity index (χ2v) is 8.74. The topological polar surface area (TPSA) is 103 Å². The van der Waals surface area contributed by atoms with Gasteiger partial charge in [0, 0.05) is 51.7 Å². The van der Waals surface area contributed by atoms with Gasteiger partial charge in [0.2, 0.25) is 16.0 Å². The van der Waals surface area contributed by atoms with E-state index in [0.717, 1.165) is 50.2 Å². The summed E-state index contributed by atoms with van der Waals surface area (Å²) in [5, 5.41) is 3.29. The van der Waals surface area contributed by atoms with Crippen LogP contribution in [0.3, 0.4) is 0 Å². The number of guanidine groups is 1. The van der Waals surface area contributed by atoms with Crippen LogP contribution in [-0.4, -0.2) is 75.1 Å². The molecule has 0 atom stereocenters. The molecule has 0 aliphatic carbocycles. The van der Waals surface area contributed by atoms with Gasteiger partial charge in [-0.05, 0) is 32.0 Å². The van der Waals surface area contributed by atoms with Crippen molar-refractivity contribution in [3.05, 3.63) is 48.3 Å². The van der Waals surface area contributed by atoms with Crippen molar-refractivity contribution in [2.24, 2.45) is 4.99 Å². The molecule has 2 N–H and O–H groups in total. The minimum Gasteiger partial charge on any atom is -0.357 e. The number of benzene rings is 1. The van der Waals surface area contributed by atoms with Crippen molar-refractivity contribution in [3.63, 3.8) is 0 Å². The van der Waals surface area contributed by atoms with Gasteiger partial charge >= 0.3 is 0 Å². The van der Waals surface area contributed by atoms with Gasteiger partial charge in [0.25, 0.3) is 0 Å². The quantitative estimate of drug-likeness (QED) is 0.381. The van der Waals surface area contributed by atoms with Crippen molar-refractivity contribution < 1.29 is 8.42 Å². The van der Waals surface area contributed by atoms with E-state index in [1.54, 1.807) is 36.7 Å². The van der Waals surface area contributed by atoms with Gasteiger partial charge in [-0.15, -0.1) is 0 Å². The Hall–Kier alpha value is -2.72. The van der Waals surface area contributed by atoms with Crippen molar-refractivity contribution in [1.29, 1.82) is 0 Å². The molecule has 1 aromatic carbocycles. The number of nitrogens with zero attached hydrogens (tertiary/aromatic N) is 5. The van der Waals surface area contributed by atoms with Crippen LogP contribution in [0.4, 0.5) is 5.95 Å². The molecule has 2 aromatic rings. The predicted octanol–water partition coefficient (Wildman–Crippen LogP) is 0.851. The molecule has 9 nitrogen and oxygen atoms in total. The molecule has 1 aromatic heterocycles. The van der Waals surface area contributed by atoms with E-state index >= 15 is 0 Å².